The van der Waals surface area contributed by atoms with E-state index in [4.69, 9.17) is 4.99 Å². The van der Waals surface area contributed by atoms with Gasteiger partial charge in [-0.15, -0.1) is 0 Å². The quantitative estimate of drug-likeness (QED) is 0.569. The zero-order valence-corrected chi connectivity index (χ0v) is 17.1. The number of hydrogen-bond acceptors (Lipinski definition) is 3. The molecule has 0 aromatic rings. The van der Waals surface area contributed by atoms with Gasteiger partial charge in [-0.1, -0.05) is 13.8 Å². The van der Waals surface area contributed by atoms with Gasteiger partial charge in [0.2, 0.25) is 0 Å². The molecular formula is C17H31F3N4O2S. The number of guanidine groups is 1. The molecule has 2 heterocycles. The maximum Gasteiger partial charge on any atom is 0.511 e. The van der Waals surface area contributed by atoms with E-state index in [9.17, 15) is 21.6 Å². The zero-order valence-electron chi connectivity index (χ0n) is 16.3. The first kappa shape index (κ1) is 22.3. The van der Waals surface area contributed by atoms with Gasteiger partial charge < -0.3 is 10.2 Å². The van der Waals surface area contributed by atoms with E-state index in [2.05, 4.69) is 24.1 Å². The third kappa shape index (κ3) is 5.73. The number of sulfonamides is 1. The van der Waals surface area contributed by atoms with Gasteiger partial charge in [-0.25, -0.2) is 8.42 Å². The van der Waals surface area contributed by atoms with Crippen molar-refractivity contribution in [1.82, 2.24) is 14.5 Å². The number of halogens is 3. The van der Waals surface area contributed by atoms with Crippen LogP contribution in [0.3, 0.4) is 0 Å². The molecule has 0 amide bonds. The molecule has 2 atom stereocenters. The summed E-state index contributed by atoms with van der Waals surface area (Å²) in [4.78, 5) is 6.96. The highest BCUT2D eigenvalue weighted by Gasteiger charge is 2.50. The molecule has 0 saturated carbocycles. The molecule has 0 aromatic heterocycles. The van der Waals surface area contributed by atoms with Gasteiger partial charge in [-0.05, 0) is 43.9 Å². The van der Waals surface area contributed by atoms with E-state index in [0.717, 1.165) is 25.6 Å². The Morgan fingerprint density at radius 1 is 1.15 bits per heavy atom. The maximum absolute atomic E-state index is 12.7. The number of rotatable bonds is 4. The summed E-state index contributed by atoms with van der Waals surface area (Å²) < 4.78 is 61.5. The lowest BCUT2D eigenvalue weighted by Crippen LogP contribution is -2.49. The summed E-state index contributed by atoms with van der Waals surface area (Å²) in [6.07, 6.45) is 1.98. The van der Waals surface area contributed by atoms with Crippen LogP contribution in [0.2, 0.25) is 0 Å². The summed E-state index contributed by atoms with van der Waals surface area (Å²) in [5.74, 6) is 2.13. The van der Waals surface area contributed by atoms with Crippen molar-refractivity contribution in [2.45, 2.75) is 45.5 Å². The van der Waals surface area contributed by atoms with Gasteiger partial charge in [0.15, 0.2) is 5.96 Å². The van der Waals surface area contributed by atoms with Crippen LogP contribution in [0, 0.1) is 17.8 Å². The summed E-state index contributed by atoms with van der Waals surface area (Å²) in [5, 5.41) is 3.31. The highest BCUT2D eigenvalue weighted by Crippen LogP contribution is 2.30. The summed E-state index contributed by atoms with van der Waals surface area (Å²) in [6, 6.07) is 0. The second-order valence-electron chi connectivity index (χ2n) is 7.84. The Kier molecular flexibility index (Phi) is 7.40. The lowest BCUT2D eigenvalue weighted by molar-refractivity contribution is -0.0496. The molecule has 0 radical (unpaired) electrons. The summed E-state index contributed by atoms with van der Waals surface area (Å²) in [7, 11) is -5.22. The van der Waals surface area contributed by atoms with E-state index in [0.29, 0.717) is 35.5 Å². The first-order valence-corrected chi connectivity index (χ1v) is 11.1. The SMILES string of the molecule is CCNC(=NCC1CCN(S(=O)(=O)C(F)(F)F)CC1)N1CC(C)CC(C)C1. The second-order valence-corrected chi connectivity index (χ2v) is 9.77. The van der Waals surface area contributed by atoms with Crippen LogP contribution in [-0.2, 0) is 10.0 Å². The lowest BCUT2D eigenvalue weighted by Gasteiger charge is -2.37. The Morgan fingerprint density at radius 3 is 2.19 bits per heavy atom. The van der Waals surface area contributed by atoms with Crippen LogP contribution in [0.5, 0.6) is 0 Å². The molecule has 0 bridgehead atoms. The summed E-state index contributed by atoms with van der Waals surface area (Å²) in [5.41, 5.74) is -5.22. The van der Waals surface area contributed by atoms with Crippen molar-refractivity contribution in [2.24, 2.45) is 22.7 Å². The Hall–Kier alpha value is -1.03. The van der Waals surface area contributed by atoms with Gasteiger partial charge in [-0.3, -0.25) is 4.99 Å². The lowest BCUT2D eigenvalue weighted by atomic mass is 9.92. The van der Waals surface area contributed by atoms with E-state index < -0.39 is 15.5 Å². The smallest absolute Gasteiger partial charge is 0.357 e. The molecule has 2 unspecified atom stereocenters. The number of aliphatic imine (C=N–C) groups is 1. The fourth-order valence-corrected chi connectivity index (χ4v) is 4.94. The van der Waals surface area contributed by atoms with Crippen LogP contribution in [0.4, 0.5) is 13.2 Å². The highest BCUT2D eigenvalue weighted by molar-refractivity contribution is 7.90. The minimum atomic E-state index is -5.22. The third-order valence-corrected chi connectivity index (χ3v) is 6.84. The van der Waals surface area contributed by atoms with Gasteiger partial charge in [0.05, 0.1) is 0 Å². The number of nitrogens with zero attached hydrogens (tertiary/aromatic N) is 3. The van der Waals surface area contributed by atoms with Crippen molar-refractivity contribution in [2.75, 3.05) is 39.3 Å². The topological polar surface area (TPSA) is 65.0 Å². The Bertz CT molecular complexity index is 606. The largest absolute Gasteiger partial charge is 0.511 e. The predicted octanol–water partition coefficient (Wildman–Crippen LogP) is 2.49. The number of piperidine rings is 2. The van der Waals surface area contributed by atoms with Crippen molar-refractivity contribution in [3.05, 3.63) is 0 Å². The fourth-order valence-electron chi connectivity index (χ4n) is 3.96. The van der Waals surface area contributed by atoms with E-state index in [1.165, 1.54) is 6.42 Å². The maximum atomic E-state index is 12.7. The molecule has 2 saturated heterocycles. The van der Waals surface area contributed by atoms with Gasteiger partial charge in [0, 0.05) is 39.3 Å². The molecule has 0 spiro atoms. The van der Waals surface area contributed by atoms with Gasteiger partial charge in [0.25, 0.3) is 0 Å². The molecule has 2 rings (SSSR count). The molecule has 2 aliphatic heterocycles. The minimum absolute atomic E-state index is 0.0953. The van der Waals surface area contributed by atoms with E-state index >= 15 is 0 Å². The van der Waals surface area contributed by atoms with Crippen molar-refractivity contribution in [3.63, 3.8) is 0 Å². The molecule has 158 valence electrons. The molecule has 10 heteroatoms. The van der Waals surface area contributed by atoms with Gasteiger partial charge >= 0.3 is 15.5 Å². The molecular weight excluding hydrogens is 381 g/mol. The molecule has 2 aliphatic rings. The highest BCUT2D eigenvalue weighted by atomic mass is 32.2. The normalized spacial score (nSPS) is 27.0. The van der Waals surface area contributed by atoms with Crippen LogP contribution in [-0.4, -0.2) is 68.4 Å². The average molecular weight is 413 g/mol. The predicted molar refractivity (Wildman–Crippen MR) is 99.8 cm³/mol. The molecule has 2 fully saturated rings. The van der Waals surface area contributed by atoms with Crippen LogP contribution >= 0.6 is 0 Å². The van der Waals surface area contributed by atoms with E-state index in [-0.39, 0.29) is 19.0 Å². The van der Waals surface area contributed by atoms with E-state index in [1.807, 2.05) is 6.92 Å². The van der Waals surface area contributed by atoms with Crippen LogP contribution in [0.1, 0.15) is 40.0 Å². The first-order valence-electron chi connectivity index (χ1n) is 9.64. The Morgan fingerprint density at radius 2 is 1.70 bits per heavy atom. The third-order valence-electron chi connectivity index (χ3n) is 5.21. The van der Waals surface area contributed by atoms with Crippen molar-refractivity contribution in [3.8, 4) is 0 Å². The van der Waals surface area contributed by atoms with Gasteiger partial charge in [-0.2, -0.15) is 17.5 Å². The van der Waals surface area contributed by atoms with E-state index in [1.54, 1.807) is 0 Å². The molecule has 6 nitrogen and oxygen atoms in total. The fraction of sp³-hybridized carbons (Fsp3) is 0.941. The zero-order chi connectivity index (χ0) is 20.2. The molecule has 27 heavy (non-hydrogen) atoms. The van der Waals surface area contributed by atoms with Gasteiger partial charge in [0.1, 0.15) is 0 Å². The van der Waals surface area contributed by atoms with Crippen molar-refractivity contribution < 1.29 is 21.6 Å². The second kappa shape index (κ2) is 8.98. The Balaban J connectivity index is 1.94. The minimum Gasteiger partial charge on any atom is -0.357 e. The number of alkyl halides is 3. The number of likely N-dealkylation sites (tertiary alicyclic amines) is 1. The summed E-state index contributed by atoms with van der Waals surface area (Å²) >= 11 is 0. The van der Waals surface area contributed by atoms with Crippen LogP contribution in [0.25, 0.3) is 0 Å². The summed E-state index contributed by atoms with van der Waals surface area (Å²) in [6.45, 7) is 9.39. The average Bonchev–Trinajstić information content (AvgIpc) is 2.57. The molecule has 0 aliphatic carbocycles. The van der Waals surface area contributed by atoms with Crippen molar-refractivity contribution in [1.29, 1.82) is 0 Å². The van der Waals surface area contributed by atoms with Crippen molar-refractivity contribution >= 4 is 16.0 Å². The number of nitrogens with one attached hydrogen (secondary N) is 1. The standard InChI is InChI=1S/C17H31F3N4O2S/c1-4-21-16(23-11-13(2)9-14(3)12-23)22-10-15-5-7-24(8-6-15)27(25,26)17(18,19)20/h13-15H,4-12H2,1-3H3,(H,21,22). The van der Waals surface area contributed by atoms with Crippen LogP contribution in [0.15, 0.2) is 4.99 Å². The Labute approximate surface area is 160 Å². The number of hydrogen-bond donors (Lipinski definition) is 1. The molecule has 0 aromatic carbocycles. The first-order chi connectivity index (χ1) is 12.5. The monoisotopic (exact) mass is 412 g/mol. The molecule has 1 N–H and O–H groups in total. The van der Waals surface area contributed by atoms with Crippen LogP contribution < -0.4 is 5.32 Å².